The zero-order valence-corrected chi connectivity index (χ0v) is 14.9. The monoisotopic (exact) mass is 340 g/mol. The molecule has 2 rings (SSSR count). The van der Waals surface area contributed by atoms with E-state index in [9.17, 15) is 9.59 Å². The molecule has 0 saturated carbocycles. The molecule has 0 spiro atoms. The average Bonchev–Trinajstić information content (AvgIpc) is 2.59. The zero-order valence-electron chi connectivity index (χ0n) is 14.9. The van der Waals surface area contributed by atoms with E-state index in [0.717, 1.165) is 28.1 Å². The van der Waals surface area contributed by atoms with E-state index in [4.69, 9.17) is 4.74 Å². The highest BCUT2D eigenvalue weighted by atomic mass is 16.5. The highest BCUT2D eigenvalue weighted by molar-refractivity contribution is 5.95. The molecular weight excluding hydrogens is 316 g/mol. The van der Waals surface area contributed by atoms with E-state index < -0.39 is 0 Å². The van der Waals surface area contributed by atoms with Crippen molar-refractivity contribution < 1.29 is 14.3 Å². The van der Waals surface area contributed by atoms with Crippen LogP contribution in [0, 0.1) is 20.8 Å². The molecular formula is C20H24N2O3. The molecule has 0 aliphatic rings. The highest BCUT2D eigenvalue weighted by Crippen LogP contribution is 2.18. The van der Waals surface area contributed by atoms with Gasteiger partial charge in [-0.25, -0.2) is 0 Å². The largest absolute Gasteiger partial charge is 0.493 e. The first kappa shape index (κ1) is 18.5. The van der Waals surface area contributed by atoms with Crippen LogP contribution in [-0.4, -0.2) is 25.0 Å². The predicted molar refractivity (Wildman–Crippen MR) is 98.8 cm³/mol. The van der Waals surface area contributed by atoms with Crippen molar-refractivity contribution in [1.82, 2.24) is 5.32 Å². The van der Waals surface area contributed by atoms with Gasteiger partial charge in [-0.05, 0) is 49.6 Å². The van der Waals surface area contributed by atoms with Crippen LogP contribution in [0.5, 0.6) is 5.75 Å². The number of hydrogen-bond donors (Lipinski definition) is 2. The Balaban J connectivity index is 1.71. The second kappa shape index (κ2) is 8.87. The van der Waals surface area contributed by atoms with Gasteiger partial charge in [-0.15, -0.1) is 0 Å². The van der Waals surface area contributed by atoms with E-state index in [1.165, 1.54) is 0 Å². The maximum atomic E-state index is 12.0. The predicted octanol–water partition coefficient (Wildman–Crippen LogP) is 3.14. The van der Waals surface area contributed by atoms with Crippen LogP contribution in [0.25, 0.3) is 0 Å². The standard InChI is InChI=1S/C20H24N2O3/c1-14-8-6-9-17(16(14)3)22-20(24)13-21-19(23)11-12-25-18-10-5-4-7-15(18)2/h4-10H,11-13H2,1-3H3,(H,21,23)(H,22,24). The topological polar surface area (TPSA) is 67.4 Å². The molecule has 5 nitrogen and oxygen atoms in total. The smallest absolute Gasteiger partial charge is 0.243 e. The minimum atomic E-state index is -0.248. The number of para-hydroxylation sites is 1. The molecule has 0 atom stereocenters. The quantitative estimate of drug-likeness (QED) is 0.814. The Labute approximate surface area is 148 Å². The third-order valence-corrected chi connectivity index (χ3v) is 4.01. The van der Waals surface area contributed by atoms with Gasteiger partial charge in [0.2, 0.25) is 11.8 Å². The summed E-state index contributed by atoms with van der Waals surface area (Å²) in [4.78, 5) is 23.8. The lowest BCUT2D eigenvalue weighted by Crippen LogP contribution is -2.33. The third kappa shape index (κ3) is 5.64. The highest BCUT2D eigenvalue weighted by Gasteiger charge is 2.08. The molecule has 0 radical (unpaired) electrons. The summed E-state index contributed by atoms with van der Waals surface area (Å²) in [6.45, 7) is 6.10. The zero-order chi connectivity index (χ0) is 18.2. The first-order valence-corrected chi connectivity index (χ1v) is 8.28. The van der Waals surface area contributed by atoms with Gasteiger partial charge in [0.15, 0.2) is 0 Å². The van der Waals surface area contributed by atoms with Crippen LogP contribution < -0.4 is 15.4 Å². The van der Waals surface area contributed by atoms with Crippen LogP contribution in [0.2, 0.25) is 0 Å². The maximum absolute atomic E-state index is 12.0. The van der Waals surface area contributed by atoms with Gasteiger partial charge in [0.1, 0.15) is 5.75 Å². The normalized spacial score (nSPS) is 10.2. The Morgan fingerprint density at radius 3 is 2.40 bits per heavy atom. The molecule has 0 aromatic heterocycles. The fourth-order valence-electron chi connectivity index (χ4n) is 2.32. The van der Waals surface area contributed by atoms with E-state index in [0.29, 0.717) is 0 Å². The molecule has 0 heterocycles. The van der Waals surface area contributed by atoms with Crippen LogP contribution >= 0.6 is 0 Å². The van der Waals surface area contributed by atoms with Crippen LogP contribution in [0.1, 0.15) is 23.1 Å². The van der Waals surface area contributed by atoms with E-state index in [2.05, 4.69) is 10.6 Å². The molecule has 0 saturated heterocycles. The Hall–Kier alpha value is -2.82. The number of nitrogens with one attached hydrogen (secondary N) is 2. The van der Waals surface area contributed by atoms with Crippen molar-refractivity contribution in [3.05, 3.63) is 59.2 Å². The molecule has 132 valence electrons. The number of hydrogen-bond acceptors (Lipinski definition) is 3. The van der Waals surface area contributed by atoms with Crippen molar-refractivity contribution in [3.63, 3.8) is 0 Å². The lowest BCUT2D eigenvalue weighted by Gasteiger charge is -2.11. The average molecular weight is 340 g/mol. The van der Waals surface area contributed by atoms with E-state index >= 15 is 0 Å². The summed E-state index contributed by atoms with van der Waals surface area (Å²) < 4.78 is 5.58. The summed E-state index contributed by atoms with van der Waals surface area (Å²) in [6.07, 6.45) is 0.199. The minimum absolute atomic E-state index is 0.0589. The second-order valence-corrected chi connectivity index (χ2v) is 5.94. The molecule has 2 aromatic carbocycles. The van der Waals surface area contributed by atoms with Crippen LogP contribution in [0.4, 0.5) is 5.69 Å². The van der Waals surface area contributed by atoms with Crippen molar-refractivity contribution in [2.24, 2.45) is 0 Å². The van der Waals surface area contributed by atoms with E-state index in [1.807, 2.05) is 63.2 Å². The molecule has 0 aliphatic heterocycles. The number of aryl methyl sites for hydroxylation is 2. The lowest BCUT2D eigenvalue weighted by molar-refractivity contribution is -0.124. The number of rotatable bonds is 7. The second-order valence-electron chi connectivity index (χ2n) is 5.94. The van der Waals surface area contributed by atoms with Crippen LogP contribution in [0.15, 0.2) is 42.5 Å². The van der Waals surface area contributed by atoms with Gasteiger partial charge >= 0.3 is 0 Å². The van der Waals surface area contributed by atoms with Gasteiger partial charge in [0, 0.05) is 5.69 Å². The summed E-state index contributed by atoms with van der Waals surface area (Å²) in [5, 5.41) is 5.42. The summed E-state index contributed by atoms with van der Waals surface area (Å²) >= 11 is 0. The van der Waals surface area contributed by atoms with Crippen molar-refractivity contribution in [3.8, 4) is 5.75 Å². The van der Waals surface area contributed by atoms with Crippen molar-refractivity contribution in [1.29, 1.82) is 0 Å². The first-order chi connectivity index (χ1) is 12.0. The number of amides is 2. The van der Waals surface area contributed by atoms with Crippen LogP contribution in [0.3, 0.4) is 0 Å². The van der Waals surface area contributed by atoms with Gasteiger partial charge in [-0.3, -0.25) is 9.59 Å². The molecule has 0 bridgehead atoms. The Morgan fingerprint density at radius 1 is 0.920 bits per heavy atom. The fraction of sp³-hybridized carbons (Fsp3) is 0.300. The molecule has 0 aliphatic carbocycles. The van der Waals surface area contributed by atoms with Gasteiger partial charge < -0.3 is 15.4 Å². The molecule has 2 amide bonds. The minimum Gasteiger partial charge on any atom is -0.493 e. The molecule has 2 aromatic rings. The Kier molecular flexibility index (Phi) is 6.57. The first-order valence-electron chi connectivity index (χ1n) is 8.28. The summed E-state index contributed by atoms with van der Waals surface area (Å²) in [7, 11) is 0. The summed E-state index contributed by atoms with van der Waals surface area (Å²) in [5.41, 5.74) is 3.92. The fourth-order valence-corrected chi connectivity index (χ4v) is 2.32. The Bertz CT molecular complexity index is 756. The van der Waals surface area contributed by atoms with E-state index in [1.54, 1.807) is 0 Å². The molecule has 5 heteroatoms. The molecule has 0 fully saturated rings. The van der Waals surface area contributed by atoms with Crippen LogP contribution in [-0.2, 0) is 9.59 Å². The Morgan fingerprint density at radius 2 is 1.64 bits per heavy atom. The molecule has 0 unspecified atom stereocenters. The summed E-state index contributed by atoms with van der Waals surface area (Å²) in [6, 6.07) is 13.4. The molecule has 2 N–H and O–H groups in total. The van der Waals surface area contributed by atoms with Crippen molar-refractivity contribution in [2.75, 3.05) is 18.5 Å². The number of carbonyl (C=O) groups is 2. The number of ether oxygens (including phenoxy) is 1. The van der Waals surface area contributed by atoms with Crippen molar-refractivity contribution >= 4 is 17.5 Å². The lowest BCUT2D eigenvalue weighted by atomic mass is 10.1. The van der Waals surface area contributed by atoms with Gasteiger partial charge in [0.05, 0.1) is 19.6 Å². The number of carbonyl (C=O) groups excluding carboxylic acids is 2. The number of anilines is 1. The van der Waals surface area contributed by atoms with Gasteiger partial charge in [0.25, 0.3) is 0 Å². The maximum Gasteiger partial charge on any atom is 0.243 e. The molecule has 25 heavy (non-hydrogen) atoms. The SMILES string of the molecule is Cc1ccccc1OCCC(=O)NCC(=O)Nc1cccc(C)c1C. The van der Waals surface area contributed by atoms with Crippen molar-refractivity contribution in [2.45, 2.75) is 27.2 Å². The van der Waals surface area contributed by atoms with Gasteiger partial charge in [-0.1, -0.05) is 30.3 Å². The summed E-state index contributed by atoms with van der Waals surface area (Å²) in [5.74, 6) is 0.300. The number of benzene rings is 2. The van der Waals surface area contributed by atoms with E-state index in [-0.39, 0.29) is 31.4 Å². The van der Waals surface area contributed by atoms with Gasteiger partial charge in [-0.2, -0.15) is 0 Å². The third-order valence-electron chi connectivity index (χ3n) is 4.01.